The van der Waals surface area contributed by atoms with Gasteiger partial charge in [-0.05, 0) is 47.7 Å². The Hall–Kier alpha value is -1.95. The molecular formula is C11H14N6. The van der Waals surface area contributed by atoms with Gasteiger partial charge in [-0.1, -0.05) is 0 Å². The van der Waals surface area contributed by atoms with E-state index >= 15 is 0 Å². The topological polar surface area (TPSA) is 67.7 Å². The number of nitrogens with zero attached hydrogens (tertiary/aromatic N) is 4. The summed E-state index contributed by atoms with van der Waals surface area (Å²) in [5, 5.41) is 17.9. The second-order valence-electron chi connectivity index (χ2n) is 4.14. The predicted octanol–water partition coefficient (Wildman–Crippen LogP) is 0.436. The van der Waals surface area contributed by atoms with Crippen molar-refractivity contribution in [2.45, 2.75) is 12.5 Å². The summed E-state index contributed by atoms with van der Waals surface area (Å²) in [6.45, 7) is 2.13. The maximum absolute atomic E-state index is 3.84. The Morgan fingerprint density at radius 2 is 2.18 bits per heavy atom. The van der Waals surface area contributed by atoms with E-state index in [9.17, 15) is 0 Å². The van der Waals surface area contributed by atoms with Crippen molar-refractivity contribution < 1.29 is 0 Å². The van der Waals surface area contributed by atoms with Crippen molar-refractivity contribution in [3.05, 3.63) is 30.6 Å². The highest BCUT2D eigenvalue weighted by Gasteiger charge is 2.13. The van der Waals surface area contributed by atoms with Crippen LogP contribution in [0.25, 0.3) is 5.69 Å². The Bertz CT molecular complexity index is 457. The van der Waals surface area contributed by atoms with Crippen LogP contribution in [-0.4, -0.2) is 39.3 Å². The number of aromatic nitrogens is 4. The molecule has 0 spiro atoms. The smallest absolute Gasteiger partial charge is 0.143 e. The fourth-order valence-electron chi connectivity index (χ4n) is 2.00. The van der Waals surface area contributed by atoms with Gasteiger partial charge in [0.1, 0.15) is 6.33 Å². The maximum Gasteiger partial charge on any atom is 0.143 e. The average molecular weight is 230 g/mol. The quantitative estimate of drug-likeness (QED) is 0.800. The zero-order valence-electron chi connectivity index (χ0n) is 9.37. The second kappa shape index (κ2) is 4.50. The lowest BCUT2D eigenvalue weighted by Gasteiger charge is -2.12. The molecule has 1 aromatic heterocycles. The minimum Gasteiger partial charge on any atom is -0.381 e. The molecule has 1 fully saturated rings. The van der Waals surface area contributed by atoms with Crippen LogP contribution in [0.5, 0.6) is 0 Å². The second-order valence-corrected chi connectivity index (χ2v) is 4.14. The van der Waals surface area contributed by atoms with Crippen LogP contribution in [0.15, 0.2) is 30.6 Å². The molecule has 1 aromatic carbocycles. The first-order valence-electron chi connectivity index (χ1n) is 5.72. The standard InChI is InChI=1S/C11H14N6/c1-3-11(17-8-13-15-16-17)4-2-9(1)14-10-5-6-12-7-10/h1-4,8,10,12,14H,5-7H2. The lowest BCUT2D eigenvalue weighted by atomic mass is 10.2. The van der Waals surface area contributed by atoms with Crippen molar-refractivity contribution in [3.63, 3.8) is 0 Å². The highest BCUT2D eigenvalue weighted by Crippen LogP contribution is 2.14. The van der Waals surface area contributed by atoms with Crippen LogP contribution in [0.4, 0.5) is 5.69 Å². The van der Waals surface area contributed by atoms with E-state index in [1.54, 1.807) is 11.0 Å². The Morgan fingerprint density at radius 3 is 2.82 bits per heavy atom. The van der Waals surface area contributed by atoms with E-state index in [1.165, 1.54) is 6.42 Å². The highest BCUT2D eigenvalue weighted by molar-refractivity contribution is 5.49. The van der Waals surface area contributed by atoms with Gasteiger partial charge in [-0.2, -0.15) is 0 Å². The van der Waals surface area contributed by atoms with Gasteiger partial charge in [0.2, 0.25) is 0 Å². The molecule has 6 heteroatoms. The molecule has 0 bridgehead atoms. The van der Waals surface area contributed by atoms with Crippen LogP contribution in [0, 0.1) is 0 Å². The number of benzene rings is 1. The van der Waals surface area contributed by atoms with Gasteiger partial charge in [0.25, 0.3) is 0 Å². The van der Waals surface area contributed by atoms with Crippen molar-refractivity contribution in [1.29, 1.82) is 0 Å². The molecule has 2 heterocycles. The lowest BCUT2D eigenvalue weighted by Crippen LogP contribution is -2.21. The molecule has 88 valence electrons. The molecule has 1 saturated heterocycles. The molecule has 0 saturated carbocycles. The summed E-state index contributed by atoms with van der Waals surface area (Å²) in [6.07, 6.45) is 2.76. The fourth-order valence-corrected chi connectivity index (χ4v) is 2.00. The largest absolute Gasteiger partial charge is 0.381 e. The predicted molar refractivity (Wildman–Crippen MR) is 64.1 cm³/mol. The van der Waals surface area contributed by atoms with Crippen LogP contribution in [0.2, 0.25) is 0 Å². The summed E-state index contributed by atoms with van der Waals surface area (Å²) in [5.41, 5.74) is 2.10. The molecule has 0 radical (unpaired) electrons. The first-order valence-corrected chi connectivity index (χ1v) is 5.72. The van der Waals surface area contributed by atoms with Gasteiger partial charge in [0.15, 0.2) is 0 Å². The Labute approximate surface area is 99.0 Å². The molecule has 2 aromatic rings. The summed E-state index contributed by atoms with van der Waals surface area (Å²) in [6, 6.07) is 8.64. The van der Waals surface area contributed by atoms with Gasteiger partial charge in [-0.25, -0.2) is 4.68 Å². The van der Waals surface area contributed by atoms with Crippen LogP contribution in [-0.2, 0) is 0 Å². The first kappa shape index (κ1) is 10.2. The number of rotatable bonds is 3. The monoisotopic (exact) mass is 230 g/mol. The van der Waals surface area contributed by atoms with Crippen molar-refractivity contribution >= 4 is 5.69 Å². The van der Waals surface area contributed by atoms with Crippen molar-refractivity contribution in [2.75, 3.05) is 18.4 Å². The normalized spacial score (nSPS) is 19.4. The molecule has 1 unspecified atom stereocenters. The molecule has 0 amide bonds. The molecule has 3 rings (SSSR count). The van der Waals surface area contributed by atoms with E-state index in [-0.39, 0.29) is 0 Å². The van der Waals surface area contributed by atoms with Gasteiger partial charge >= 0.3 is 0 Å². The van der Waals surface area contributed by atoms with Crippen LogP contribution >= 0.6 is 0 Å². The SMILES string of the molecule is c1cc(-n2cnnn2)ccc1NC1CCNC1. The van der Waals surface area contributed by atoms with E-state index in [1.807, 2.05) is 12.1 Å². The third-order valence-electron chi connectivity index (χ3n) is 2.91. The Morgan fingerprint density at radius 1 is 1.29 bits per heavy atom. The zero-order valence-corrected chi connectivity index (χ0v) is 9.37. The molecular weight excluding hydrogens is 216 g/mol. The van der Waals surface area contributed by atoms with Gasteiger partial charge in [0, 0.05) is 18.3 Å². The number of nitrogens with one attached hydrogen (secondary N) is 2. The van der Waals surface area contributed by atoms with Crippen molar-refractivity contribution in [3.8, 4) is 5.69 Å². The van der Waals surface area contributed by atoms with E-state index in [2.05, 4.69) is 38.3 Å². The van der Waals surface area contributed by atoms with E-state index in [4.69, 9.17) is 0 Å². The third kappa shape index (κ3) is 2.26. The first-order chi connectivity index (χ1) is 8.42. The molecule has 1 aliphatic rings. The summed E-state index contributed by atoms with van der Waals surface area (Å²) >= 11 is 0. The summed E-state index contributed by atoms with van der Waals surface area (Å²) in [5.74, 6) is 0. The Balaban J connectivity index is 1.71. The van der Waals surface area contributed by atoms with Gasteiger partial charge in [0.05, 0.1) is 5.69 Å². The number of hydrogen-bond donors (Lipinski definition) is 2. The average Bonchev–Trinajstić information content (AvgIpc) is 3.01. The molecule has 0 aliphatic carbocycles. The summed E-state index contributed by atoms with van der Waals surface area (Å²) in [4.78, 5) is 0. The van der Waals surface area contributed by atoms with E-state index < -0.39 is 0 Å². The Kier molecular flexibility index (Phi) is 2.71. The van der Waals surface area contributed by atoms with Crippen molar-refractivity contribution in [2.24, 2.45) is 0 Å². The minimum atomic E-state index is 0.536. The lowest BCUT2D eigenvalue weighted by molar-refractivity contribution is 0.786. The zero-order chi connectivity index (χ0) is 11.5. The van der Waals surface area contributed by atoms with Gasteiger partial charge in [-0.3, -0.25) is 0 Å². The molecule has 1 aliphatic heterocycles. The minimum absolute atomic E-state index is 0.536. The molecule has 6 nitrogen and oxygen atoms in total. The van der Waals surface area contributed by atoms with Crippen LogP contribution in [0.3, 0.4) is 0 Å². The third-order valence-corrected chi connectivity index (χ3v) is 2.91. The van der Waals surface area contributed by atoms with Gasteiger partial charge in [-0.15, -0.1) is 5.10 Å². The van der Waals surface area contributed by atoms with Crippen LogP contribution < -0.4 is 10.6 Å². The van der Waals surface area contributed by atoms with Crippen LogP contribution in [0.1, 0.15) is 6.42 Å². The van der Waals surface area contributed by atoms with E-state index in [0.717, 1.165) is 24.5 Å². The van der Waals surface area contributed by atoms with Crippen molar-refractivity contribution in [1.82, 2.24) is 25.5 Å². The highest BCUT2D eigenvalue weighted by atomic mass is 15.5. The molecule has 17 heavy (non-hydrogen) atoms. The molecule has 1 atom stereocenters. The van der Waals surface area contributed by atoms with Gasteiger partial charge < -0.3 is 10.6 Å². The summed E-state index contributed by atoms with van der Waals surface area (Å²) in [7, 11) is 0. The molecule has 2 N–H and O–H groups in total. The summed E-state index contributed by atoms with van der Waals surface area (Å²) < 4.78 is 1.64. The fraction of sp³-hybridized carbons (Fsp3) is 0.364. The number of anilines is 1. The number of hydrogen-bond acceptors (Lipinski definition) is 5. The maximum atomic E-state index is 3.84. The van der Waals surface area contributed by atoms with E-state index in [0.29, 0.717) is 6.04 Å². The number of tetrazole rings is 1.